The van der Waals surface area contributed by atoms with Crippen molar-refractivity contribution in [2.45, 2.75) is 111 Å². The molecule has 1 N–H and O–H groups in total. The van der Waals surface area contributed by atoms with Gasteiger partial charge in [0.1, 0.15) is 5.25 Å². The zero-order valence-electron chi connectivity index (χ0n) is 23.5. The predicted molar refractivity (Wildman–Crippen MR) is 121 cm³/mol. The van der Waals surface area contributed by atoms with Crippen LogP contribution in [0.25, 0.3) is 0 Å². The van der Waals surface area contributed by atoms with Gasteiger partial charge in [-0.15, -0.1) is 4.33 Å². The van der Waals surface area contributed by atoms with Gasteiger partial charge < -0.3 is 9.47 Å². The number of esters is 2. The zero-order valence-corrected chi connectivity index (χ0v) is 24.3. The van der Waals surface area contributed by atoms with E-state index in [0.717, 1.165) is 0 Å². The number of hydrogen-bond acceptors (Lipinski definition) is 8. The van der Waals surface area contributed by atoms with E-state index in [1.54, 1.807) is 0 Å². The third kappa shape index (κ3) is 11.5. The first-order valence-electron chi connectivity index (χ1n) is 12.8. The Bertz CT molecular complexity index is 1020. The Labute approximate surface area is 261 Å². The lowest BCUT2D eigenvalue weighted by atomic mass is 9.98. The SMILES string of the molecule is O=C(CC(SOOO)C(=O)OCCCCCC(F)(F)C(F)(F)C(F)(F)C(F)(F)F)OCCCCCC(F)(F)C(F)(F)C(F)(F)C(F)(F)F. The molecule has 0 rings (SSSR count). The summed E-state index contributed by atoms with van der Waals surface area (Å²) < 4.78 is 244. The molecule has 0 saturated carbocycles. The summed E-state index contributed by atoms with van der Waals surface area (Å²) in [5, 5.41) is 9.65. The first-order valence-corrected chi connectivity index (χ1v) is 13.6. The lowest BCUT2D eigenvalue weighted by molar-refractivity contribution is -0.432. The number of carbonyl (C=O) groups is 2. The van der Waals surface area contributed by atoms with Crippen molar-refractivity contribution in [3.05, 3.63) is 0 Å². The fourth-order valence-corrected chi connectivity index (χ4v) is 3.75. The van der Waals surface area contributed by atoms with Gasteiger partial charge in [0.25, 0.3) is 0 Å². The molecule has 0 aliphatic heterocycles. The number of ether oxygens (including phenoxy) is 2. The molecule has 0 heterocycles. The molecule has 0 aromatic rings. The Balaban J connectivity index is 4.73. The van der Waals surface area contributed by atoms with Crippen LogP contribution >= 0.6 is 12.0 Å². The Morgan fingerprint density at radius 1 is 0.542 bits per heavy atom. The highest BCUT2D eigenvalue weighted by Gasteiger charge is 2.82. The molecule has 0 aliphatic carbocycles. The van der Waals surface area contributed by atoms with Gasteiger partial charge in [-0.05, 0) is 38.5 Å². The van der Waals surface area contributed by atoms with Crippen LogP contribution in [-0.2, 0) is 28.4 Å². The molecule has 0 aromatic carbocycles. The largest absolute Gasteiger partial charge is 0.466 e. The Hall–Kier alpha value is -2.09. The van der Waals surface area contributed by atoms with Crippen molar-refractivity contribution in [1.82, 2.24) is 0 Å². The first-order chi connectivity index (χ1) is 21.4. The Morgan fingerprint density at radius 2 is 0.917 bits per heavy atom. The number of alkyl halides is 18. The highest BCUT2D eigenvalue weighted by molar-refractivity contribution is 7.95. The van der Waals surface area contributed by atoms with E-state index >= 15 is 0 Å². The van der Waals surface area contributed by atoms with Crippen molar-refractivity contribution in [1.29, 1.82) is 0 Å². The van der Waals surface area contributed by atoms with Crippen molar-refractivity contribution >= 4 is 24.0 Å². The zero-order chi connectivity index (χ0) is 38.0. The van der Waals surface area contributed by atoms with Crippen LogP contribution in [0.1, 0.15) is 57.8 Å². The summed E-state index contributed by atoms with van der Waals surface area (Å²) in [5.74, 6) is -42.0. The van der Waals surface area contributed by atoms with Gasteiger partial charge in [-0.3, -0.25) is 9.59 Å². The lowest BCUT2D eigenvalue weighted by Crippen LogP contribution is -2.60. The normalized spacial score (nSPS) is 15.0. The third-order valence-corrected chi connectivity index (χ3v) is 6.73. The highest BCUT2D eigenvalue weighted by atomic mass is 32.2. The maximum Gasteiger partial charge on any atom is 0.460 e. The van der Waals surface area contributed by atoms with Crippen LogP contribution in [0.15, 0.2) is 0 Å². The minimum Gasteiger partial charge on any atom is -0.466 e. The molecular formula is C22H24F18O7S. The minimum atomic E-state index is -7.06. The van der Waals surface area contributed by atoms with Crippen molar-refractivity contribution in [2.75, 3.05) is 13.2 Å². The molecule has 1 unspecified atom stereocenters. The van der Waals surface area contributed by atoms with Crippen LogP contribution in [0.3, 0.4) is 0 Å². The Morgan fingerprint density at radius 3 is 1.27 bits per heavy atom. The standard InChI is InChI=1S/C22H24F18O7S/c23-15(24,17(27,28)19(31,32)21(35,36)37)7-3-1-5-9-44-13(41)11-12(48-47-46-43)14(42)45-10-6-2-4-8-16(25,26)18(29,30)20(33,34)22(38,39)40/h12,43H,1-11H2. The van der Waals surface area contributed by atoms with Crippen molar-refractivity contribution in [3.8, 4) is 0 Å². The second-order valence-electron chi connectivity index (χ2n) is 9.64. The summed E-state index contributed by atoms with van der Waals surface area (Å²) in [5.41, 5.74) is 0. The molecule has 286 valence electrons. The number of rotatable bonds is 22. The van der Waals surface area contributed by atoms with Crippen molar-refractivity contribution in [2.24, 2.45) is 0 Å². The molecule has 0 spiro atoms. The van der Waals surface area contributed by atoms with E-state index in [1.165, 1.54) is 0 Å². The molecule has 0 fully saturated rings. The summed E-state index contributed by atoms with van der Waals surface area (Å²) in [6.45, 7) is -1.42. The molecular weight excluding hydrogens is 750 g/mol. The van der Waals surface area contributed by atoms with Gasteiger partial charge in [-0.25, -0.2) is 5.26 Å². The maximum atomic E-state index is 13.5. The predicted octanol–water partition coefficient (Wildman–Crippen LogP) is 8.96. The average molecular weight is 774 g/mol. The molecule has 0 saturated heterocycles. The Kier molecular flexibility index (Phi) is 16.5. The summed E-state index contributed by atoms with van der Waals surface area (Å²) >= 11 is -0.0962. The van der Waals surface area contributed by atoms with E-state index in [9.17, 15) is 88.6 Å². The van der Waals surface area contributed by atoms with E-state index in [0.29, 0.717) is 0 Å². The fourth-order valence-electron chi connectivity index (χ4n) is 3.26. The minimum absolute atomic E-state index is 0.0962. The molecule has 0 aliphatic rings. The van der Waals surface area contributed by atoms with Crippen LogP contribution in [0.5, 0.6) is 0 Å². The lowest BCUT2D eigenvalue weighted by Gasteiger charge is -2.33. The molecule has 7 nitrogen and oxygen atoms in total. The summed E-state index contributed by atoms with van der Waals surface area (Å²) in [6, 6.07) is 0. The van der Waals surface area contributed by atoms with Gasteiger partial charge in [-0.1, -0.05) is 5.04 Å². The number of carbonyl (C=O) groups excluding carboxylic acids is 2. The smallest absolute Gasteiger partial charge is 0.460 e. The quantitative estimate of drug-likeness (QED) is 0.0291. The average Bonchev–Trinajstić information content (AvgIpc) is 2.92. The van der Waals surface area contributed by atoms with Crippen LogP contribution in [-0.4, -0.2) is 83.5 Å². The highest BCUT2D eigenvalue weighted by Crippen LogP contribution is 2.55. The molecule has 48 heavy (non-hydrogen) atoms. The third-order valence-electron chi connectivity index (χ3n) is 6.00. The van der Waals surface area contributed by atoms with Crippen LogP contribution < -0.4 is 0 Å². The second-order valence-corrected chi connectivity index (χ2v) is 10.5. The molecule has 0 radical (unpaired) electrons. The monoisotopic (exact) mass is 774 g/mol. The number of hydrogen-bond donors (Lipinski definition) is 1. The van der Waals surface area contributed by atoms with E-state index in [2.05, 4.69) is 18.8 Å². The van der Waals surface area contributed by atoms with Crippen molar-refractivity contribution < 1.29 is 113 Å². The first kappa shape index (κ1) is 45.9. The molecule has 26 heteroatoms. The molecule has 0 bridgehead atoms. The summed E-state index contributed by atoms with van der Waals surface area (Å²) in [7, 11) is 0. The van der Waals surface area contributed by atoms with E-state index in [-0.39, 0.29) is 12.0 Å². The fraction of sp³-hybridized carbons (Fsp3) is 0.909. The van der Waals surface area contributed by atoms with Crippen LogP contribution in [0.4, 0.5) is 79.0 Å². The van der Waals surface area contributed by atoms with Gasteiger partial charge in [0.15, 0.2) is 0 Å². The topological polar surface area (TPSA) is 91.3 Å². The van der Waals surface area contributed by atoms with Gasteiger partial charge in [0.2, 0.25) is 0 Å². The molecule has 0 amide bonds. The molecule has 0 aromatic heterocycles. The van der Waals surface area contributed by atoms with Gasteiger partial charge in [-0.2, -0.15) is 79.0 Å². The second kappa shape index (κ2) is 17.2. The molecule has 1 atom stereocenters. The van der Waals surface area contributed by atoms with E-state index in [4.69, 9.17) is 5.26 Å². The van der Waals surface area contributed by atoms with Crippen LogP contribution in [0, 0.1) is 0 Å². The number of unbranched alkanes of at least 4 members (excludes halogenated alkanes) is 4. The van der Waals surface area contributed by atoms with E-state index < -0.39 is 136 Å². The summed E-state index contributed by atoms with van der Waals surface area (Å²) in [4.78, 5) is 24.0. The maximum absolute atomic E-state index is 13.5. The van der Waals surface area contributed by atoms with Gasteiger partial charge in [0.05, 0.1) is 31.7 Å². The van der Waals surface area contributed by atoms with Gasteiger partial charge >= 0.3 is 59.8 Å². The number of halogens is 18. The van der Waals surface area contributed by atoms with Crippen LogP contribution in [0.2, 0.25) is 0 Å². The van der Waals surface area contributed by atoms with Gasteiger partial charge in [0, 0.05) is 12.8 Å². The summed E-state index contributed by atoms with van der Waals surface area (Å²) in [6.07, 6.45) is -23.3. The van der Waals surface area contributed by atoms with Crippen molar-refractivity contribution in [3.63, 3.8) is 0 Å². The van der Waals surface area contributed by atoms with E-state index in [1.807, 2.05) is 0 Å².